The lowest BCUT2D eigenvalue weighted by Gasteiger charge is -2.35. The summed E-state index contributed by atoms with van der Waals surface area (Å²) in [4.78, 5) is 51.6. The zero-order valence-electron chi connectivity index (χ0n) is 20.1. The van der Waals surface area contributed by atoms with E-state index in [0.29, 0.717) is 23.7 Å². The van der Waals surface area contributed by atoms with Crippen LogP contribution in [-0.2, 0) is 28.7 Å². The molecule has 0 aromatic heterocycles. The first-order valence-electron chi connectivity index (χ1n) is 11.4. The molecule has 0 spiro atoms. The maximum Gasteiger partial charge on any atom is 0.308 e. The first kappa shape index (κ1) is 26.0. The molecular weight excluding hydrogens is 458 g/mol. The molecule has 2 aliphatic rings. The second kappa shape index (κ2) is 12.2. The minimum absolute atomic E-state index is 0.0443. The van der Waals surface area contributed by atoms with E-state index in [1.807, 2.05) is 0 Å². The molecule has 11 heteroatoms. The fraction of sp³-hybridized carbons (Fsp3) is 0.500. The van der Waals surface area contributed by atoms with Crippen molar-refractivity contribution in [2.75, 3.05) is 40.5 Å². The van der Waals surface area contributed by atoms with Crippen LogP contribution in [0, 0.1) is 0 Å². The van der Waals surface area contributed by atoms with E-state index in [1.165, 1.54) is 32.1 Å². The standard InChI is InChI=1S/C24H31N3O8/c1-15(28)26-18(11-16-6-7-20(32-2)21(12-16)33-3)24(31)27-9-8-25-23(30)19(27)13-22(29)35-14-17-5-4-10-34-17/h6-7,11-12,17,19H,4-5,8-10,13-14H2,1-3H3,(H,25,30)(H,26,28). The summed E-state index contributed by atoms with van der Waals surface area (Å²) in [6.07, 6.45) is 2.74. The maximum absolute atomic E-state index is 13.5. The van der Waals surface area contributed by atoms with Crippen LogP contribution < -0.4 is 20.1 Å². The van der Waals surface area contributed by atoms with E-state index >= 15 is 0 Å². The monoisotopic (exact) mass is 489 g/mol. The Bertz CT molecular complexity index is 987. The molecule has 0 aliphatic carbocycles. The Morgan fingerprint density at radius 2 is 2.00 bits per heavy atom. The zero-order chi connectivity index (χ0) is 25.4. The molecule has 2 N–H and O–H groups in total. The minimum atomic E-state index is -1.07. The third-order valence-electron chi connectivity index (χ3n) is 5.67. The van der Waals surface area contributed by atoms with E-state index in [-0.39, 0.29) is 37.9 Å². The molecule has 3 rings (SSSR count). The highest BCUT2D eigenvalue weighted by molar-refractivity contribution is 6.03. The molecule has 1 aromatic rings. The number of ether oxygens (including phenoxy) is 4. The van der Waals surface area contributed by atoms with Crippen LogP contribution >= 0.6 is 0 Å². The van der Waals surface area contributed by atoms with Crippen LogP contribution in [-0.4, -0.2) is 81.3 Å². The second-order valence-corrected chi connectivity index (χ2v) is 8.18. The molecule has 0 saturated carbocycles. The van der Waals surface area contributed by atoms with Gasteiger partial charge in [-0.25, -0.2) is 0 Å². The topological polar surface area (TPSA) is 132 Å². The number of piperazine rings is 1. The van der Waals surface area contributed by atoms with Crippen molar-refractivity contribution in [3.63, 3.8) is 0 Å². The van der Waals surface area contributed by atoms with Crippen LogP contribution in [0.25, 0.3) is 6.08 Å². The predicted octanol–water partition coefficient (Wildman–Crippen LogP) is 0.620. The number of rotatable bonds is 9. The summed E-state index contributed by atoms with van der Waals surface area (Å²) >= 11 is 0. The van der Waals surface area contributed by atoms with Crippen molar-refractivity contribution >= 4 is 29.8 Å². The summed E-state index contributed by atoms with van der Waals surface area (Å²) < 4.78 is 21.3. The molecule has 35 heavy (non-hydrogen) atoms. The van der Waals surface area contributed by atoms with E-state index in [9.17, 15) is 19.2 Å². The lowest BCUT2D eigenvalue weighted by atomic mass is 10.1. The van der Waals surface area contributed by atoms with Crippen LogP contribution in [0.2, 0.25) is 0 Å². The number of esters is 1. The molecule has 3 amide bonds. The van der Waals surface area contributed by atoms with Crippen LogP contribution in [0.1, 0.15) is 31.7 Å². The van der Waals surface area contributed by atoms with Gasteiger partial charge in [0, 0.05) is 26.6 Å². The highest BCUT2D eigenvalue weighted by atomic mass is 16.6. The highest BCUT2D eigenvalue weighted by Gasteiger charge is 2.36. The first-order chi connectivity index (χ1) is 16.8. The van der Waals surface area contributed by atoms with E-state index in [1.54, 1.807) is 18.2 Å². The van der Waals surface area contributed by atoms with Gasteiger partial charge in [-0.15, -0.1) is 0 Å². The Morgan fingerprint density at radius 1 is 1.23 bits per heavy atom. The Kier molecular flexibility index (Phi) is 9.07. The Labute approximate surface area is 203 Å². The van der Waals surface area contributed by atoms with E-state index in [0.717, 1.165) is 12.8 Å². The number of hydrogen-bond donors (Lipinski definition) is 2. The van der Waals surface area contributed by atoms with Crippen molar-refractivity contribution in [2.45, 2.75) is 38.3 Å². The zero-order valence-corrected chi connectivity index (χ0v) is 20.1. The molecule has 2 atom stereocenters. The summed E-state index contributed by atoms with van der Waals surface area (Å²) in [5.74, 6) is -1.18. The van der Waals surface area contributed by atoms with Gasteiger partial charge in [0.05, 0.1) is 26.7 Å². The van der Waals surface area contributed by atoms with Gasteiger partial charge in [-0.1, -0.05) is 6.07 Å². The fourth-order valence-corrected chi connectivity index (χ4v) is 3.94. The van der Waals surface area contributed by atoms with Gasteiger partial charge in [0.15, 0.2) is 11.5 Å². The smallest absolute Gasteiger partial charge is 0.308 e. The van der Waals surface area contributed by atoms with Crippen molar-refractivity contribution in [2.24, 2.45) is 0 Å². The highest BCUT2D eigenvalue weighted by Crippen LogP contribution is 2.28. The van der Waals surface area contributed by atoms with Crippen molar-refractivity contribution < 1.29 is 38.1 Å². The number of nitrogens with one attached hydrogen (secondary N) is 2. The number of carbonyl (C=O) groups excluding carboxylic acids is 4. The van der Waals surface area contributed by atoms with E-state index < -0.39 is 29.7 Å². The lowest BCUT2D eigenvalue weighted by molar-refractivity contribution is -0.153. The summed E-state index contributed by atoms with van der Waals surface area (Å²) in [6, 6.07) is 3.94. The number of carbonyl (C=O) groups is 4. The van der Waals surface area contributed by atoms with Gasteiger partial charge in [-0.2, -0.15) is 0 Å². The average molecular weight is 490 g/mol. The normalized spacial score (nSPS) is 20.1. The number of methoxy groups -OCH3 is 2. The summed E-state index contributed by atoms with van der Waals surface area (Å²) in [6.45, 7) is 2.40. The second-order valence-electron chi connectivity index (χ2n) is 8.18. The Hall–Kier alpha value is -3.60. The molecule has 2 fully saturated rings. The van der Waals surface area contributed by atoms with Gasteiger partial charge < -0.3 is 34.5 Å². The molecule has 0 radical (unpaired) electrons. The van der Waals surface area contributed by atoms with Crippen LogP contribution in [0.15, 0.2) is 23.9 Å². The van der Waals surface area contributed by atoms with Crippen LogP contribution in [0.4, 0.5) is 0 Å². The molecule has 11 nitrogen and oxygen atoms in total. The van der Waals surface area contributed by atoms with Crippen molar-refractivity contribution in [3.8, 4) is 11.5 Å². The summed E-state index contributed by atoms with van der Waals surface area (Å²) in [5, 5.41) is 5.21. The minimum Gasteiger partial charge on any atom is -0.493 e. The molecule has 2 heterocycles. The molecule has 1 aromatic carbocycles. The average Bonchev–Trinajstić information content (AvgIpc) is 3.36. The quantitative estimate of drug-likeness (QED) is 0.381. The third-order valence-corrected chi connectivity index (χ3v) is 5.67. The number of nitrogens with zero attached hydrogens (tertiary/aromatic N) is 1. The van der Waals surface area contributed by atoms with Gasteiger partial charge in [0.25, 0.3) is 5.91 Å². The SMILES string of the molecule is COc1ccc(C=C(NC(C)=O)C(=O)N2CCNC(=O)C2CC(=O)OCC2CCCO2)cc1OC. The van der Waals surface area contributed by atoms with Crippen molar-refractivity contribution in [1.82, 2.24) is 15.5 Å². The number of hydrogen-bond acceptors (Lipinski definition) is 8. The van der Waals surface area contributed by atoms with E-state index in [4.69, 9.17) is 18.9 Å². The molecule has 190 valence electrons. The molecule has 0 bridgehead atoms. The lowest BCUT2D eigenvalue weighted by Crippen LogP contribution is -2.58. The van der Waals surface area contributed by atoms with Gasteiger partial charge in [0.2, 0.25) is 11.8 Å². The molecular formula is C24H31N3O8. The Morgan fingerprint density at radius 3 is 2.66 bits per heavy atom. The van der Waals surface area contributed by atoms with Gasteiger partial charge in [-0.3, -0.25) is 19.2 Å². The van der Waals surface area contributed by atoms with E-state index in [2.05, 4.69) is 10.6 Å². The van der Waals surface area contributed by atoms with Gasteiger partial charge in [0.1, 0.15) is 18.3 Å². The molecule has 2 aliphatic heterocycles. The molecule has 2 unspecified atom stereocenters. The number of amides is 3. The van der Waals surface area contributed by atoms with Gasteiger partial charge >= 0.3 is 5.97 Å². The predicted molar refractivity (Wildman–Crippen MR) is 124 cm³/mol. The largest absolute Gasteiger partial charge is 0.493 e. The third kappa shape index (κ3) is 6.95. The number of benzene rings is 1. The Balaban J connectivity index is 1.80. The van der Waals surface area contributed by atoms with Gasteiger partial charge in [-0.05, 0) is 36.6 Å². The van der Waals surface area contributed by atoms with Crippen molar-refractivity contribution in [3.05, 3.63) is 29.5 Å². The molecule has 2 saturated heterocycles. The van der Waals surface area contributed by atoms with Crippen LogP contribution in [0.5, 0.6) is 11.5 Å². The first-order valence-corrected chi connectivity index (χ1v) is 11.4. The van der Waals surface area contributed by atoms with Crippen LogP contribution in [0.3, 0.4) is 0 Å². The maximum atomic E-state index is 13.5. The van der Waals surface area contributed by atoms with Crippen molar-refractivity contribution in [1.29, 1.82) is 0 Å². The summed E-state index contributed by atoms with van der Waals surface area (Å²) in [7, 11) is 2.99. The summed E-state index contributed by atoms with van der Waals surface area (Å²) in [5.41, 5.74) is 0.519. The fourth-order valence-electron chi connectivity index (χ4n) is 3.94.